The van der Waals surface area contributed by atoms with Gasteiger partial charge in [0.05, 0.1) is 31.0 Å². The van der Waals surface area contributed by atoms with Gasteiger partial charge in [0.2, 0.25) is 0 Å². The highest BCUT2D eigenvalue weighted by atomic mass is 16.6. The van der Waals surface area contributed by atoms with Crippen LogP contribution in [0.1, 0.15) is 347 Å². The Hall–Kier alpha value is -1.40. The molecule has 1 saturated heterocycles. The minimum absolute atomic E-state index is 0.00523. The monoisotopic (exact) mass is 987 g/mol. The number of allylic oxidation sites excluding steroid dienone is 2. The van der Waals surface area contributed by atoms with E-state index in [1.54, 1.807) is 0 Å². The predicted molar refractivity (Wildman–Crippen MR) is 302 cm³/mol. The maximum atomic E-state index is 12.5. The van der Waals surface area contributed by atoms with E-state index in [2.05, 4.69) is 19.1 Å². The third kappa shape index (κ3) is 45.2. The molecule has 2 N–H and O–H groups in total. The van der Waals surface area contributed by atoms with E-state index in [9.17, 15) is 19.8 Å². The van der Waals surface area contributed by atoms with Crippen molar-refractivity contribution in [3.8, 4) is 0 Å². The van der Waals surface area contributed by atoms with Gasteiger partial charge in [0, 0.05) is 0 Å². The second kappa shape index (κ2) is 53.9. The van der Waals surface area contributed by atoms with Crippen LogP contribution in [-0.2, 0) is 19.1 Å². The third-order valence-corrected chi connectivity index (χ3v) is 15.8. The lowest BCUT2D eigenvalue weighted by Crippen LogP contribution is -2.40. The summed E-state index contributed by atoms with van der Waals surface area (Å²) >= 11 is 0. The number of esters is 2. The van der Waals surface area contributed by atoms with Crippen molar-refractivity contribution < 1.29 is 29.3 Å². The van der Waals surface area contributed by atoms with Crippen molar-refractivity contribution in [1.29, 1.82) is 0 Å². The summed E-state index contributed by atoms with van der Waals surface area (Å²) in [5, 5.41) is 19.2. The van der Waals surface area contributed by atoms with Crippen LogP contribution in [0.4, 0.5) is 0 Å². The first-order chi connectivity index (χ1) is 34.6. The van der Waals surface area contributed by atoms with Crippen molar-refractivity contribution in [2.45, 2.75) is 347 Å². The summed E-state index contributed by atoms with van der Waals surface area (Å²) in [7, 11) is 0. The van der Waals surface area contributed by atoms with Gasteiger partial charge < -0.3 is 19.7 Å². The normalized spacial score (nSPS) is 15.3. The van der Waals surface area contributed by atoms with E-state index in [0.717, 1.165) is 19.3 Å². The van der Waals surface area contributed by atoms with Crippen molar-refractivity contribution in [3.05, 3.63) is 12.2 Å². The molecule has 0 spiro atoms. The molecule has 0 aliphatic carbocycles. The van der Waals surface area contributed by atoms with Crippen molar-refractivity contribution in [3.63, 3.8) is 0 Å². The molecular weight excluding hydrogens is 865 g/mol. The second-order valence-corrected chi connectivity index (χ2v) is 22.8. The molecule has 0 aromatic heterocycles. The van der Waals surface area contributed by atoms with Crippen LogP contribution in [-0.4, -0.2) is 48.6 Å². The molecule has 1 aliphatic rings. The molecule has 1 fully saturated rings. The smallest absolute Gasteiger partial charge is 0.309 e. The summed E-state index contributed by atoms with van der Waals surface area (Å²) in [5.41, 5.74) is -1.12. The molecule has 70 heavy (non-hydrogen) atoms. The van der Waals surface area contributed by atoms with Crippen LogP contribution in [0, 0.1) is 11.3 Å². The summed E-state index contributed by atoms with van der Waals surface area (Å²) in [5.74, 6) is -1.40. The van der Waals surface area contributed by atoms with Gasteiger partial charge in [-0.25, -0.2) is 0 Å². The van der Waals surface area contributed by atoms with Gasteiger partial charge in [-0.3, -0.25) is 9.59 Å². The number of carbonyl (C=O) groups is 2. The zero-order chi connectivity index (χ0) is 50.4. The molecule has 1 heterocycles. The zero-order valence-electron chi connectivity index (χ0n) is 47.1. The molecule has 0 amide bonds. The van der Waals surface area contributed by atoms with Crippen LogP contribution < -0.4 is 0 Å². The summed E-state index contributed by atoms with van der Waals surface area (Å²) in [6, 6.07) is 0. The van der Waals surface area contributed by atoms with E-state index in [4.69, 9.17) is 9.47 Å². The van der Waals surface area contributed by atoms with Crippen LogP contribution in [0.25, 0.3) is 0 Å². The van der Waals surface area contributed by atoms with Crippen LogP contribution in [0.3, 0.4) is 0 Å². The molecule has 1 atom stereocenters. The molecule has 0 radical (unpaired) electrons. The first kappa shape index (κ1) is 66.6. The molecule has 1 rings (SSSR count). The molecule has 0 aromatic rings. The highest BCUT2D eigenvalue weighted by Crippen LogP contribution is 2.25. The maximum Gasteiger partial charge on any atom is 0.309 e. The minimum Gasteiger partial charge on any atom is -0.465 e. The number of hydrogen-bond acceptors (Lipinski definition) is 6. The van der Waals surface area contributed by atoms with Gasteiger partial charge in [-0.1, -0.05) is 327 Å². The van der Waals surface area contributed by atoms with Gasteiger partial charge in [0.15, 0.2) is 0 Å². The summed E-state index contributed by atoms with van der Waals surface area (Å²) in [6.07, 6.45) is 77.2. The Labute approximate surface area is 436 Å². The van der Waals surface area contributed by atoms with Crippen molar-refractivity contribution in [2.75, 3.05) is 26.4 Å². The SMILES string of the molecule is CC/C=C/CCCCCCCCCCCCCCCCCCCCCCCCCCCCCCCCCCCCCCCCCCCCCCCCCCCC1CC(=O)OCC(CO)(CO)COC1=O. The van der Waals surface area contributed by atoms with Crippen molar-refractivity contribution in [1.82, 2.24) is 0 Å². The van der Waals surface area contributed by atoms with E-state index >= 15 is 0 Å². The largest absolute Gasteiger partial charge is 0.465 e. The fourth-order valence-corrected chi connectivity index (χ4v) is 10.7. The molecule has 1 unspecified atom stereocenters. The molecule has 0 aromatic carbocycles. The van der Waals surface area contributed by atoms with Crippen LogP contribution in [0.15, 0.2) is 12.2 Å². The van der Waals surface area contributed by atoms with Gasteiger partial charge in [0.1, 0.15) is 13.2 Å². The van der Waals surface area contributed by atoms with Gasteiger partial charge in [0.25, 0.3) is 0 Å². The third-order valence-electron chi connectivity index (χ3n) is 15.8. The van der Waals surface area contributed by atoms with Gasteiger partial charge >= 0.3 is 11.9 Å². The molecular formula is C64H122O6. The van der Waals surface area contributed by atoms with Gasteiger partial charge in [-0.05, 0) is 25.7 Å². The molecule has 6 nitrogen and oxygen atoms in total. The number of hydrogen-bond donors (Lipinski definition) is 2. The highest BCUT2D eigenvalue weighted by molar-refractivity contribution is 5.80. The fourth-order valence-electron chi connectivity index (χ4n) is 10.7. The lowest BCUT2D eigenvalue weighted by molar-refractivity contribution is -0.155. The number of ether oxygens (including phenoxy) is 2. The number of aliphatic hydroxyl groups is 2. The number of cyclic esters (lactones) is 2. The first-order valence-corrected chi connectivity index (χ1v) is 31.8. The van der Waals surface area contributed by atoms with Crippen LogP contribution in [0.5, 0.6) is 0 Å². The van der Waals surface area contributed by atoms with E-state index in [0.29, 0.717) is 6.42 Å². The lowest BCUT2D eigenvalue weighted by Gasteiger charge is -2.27. The number of unbranched alkanes of at least 4 members (excludes halogenated alkanes) is 49. The van der Waals surface area contributed by atoms with Crippen molar-refractivity contribution in [2.24, 2.45) is 11.3 Å². The van der Waals surface area contributed by atoms with Crippen LogP contribution in [0.2, 0.25) is 0 Å². The fraction of sp³-hybridized carbons (Fsp3) is 0.938. The average Bonchev–Trinajstić information content (AvgIpc) is 3.43. The van der Waals surface area contributed by atoms with Crippen molar-refractivity contribution >= 4 is 11.9 Å². The molecule has 6 heteroatoms. The minimum atomic E-state index is -1.12. The Kier molecular flexibility index (Phi) is 51.3. The molecule has 0 bridgehead atoms. The lowest BCUT2D eigenvalue weighted by atomic mass is 9.92. The molecule has 414 valence electrons. The number of carbonyl (C=O) groups excluding carboxylic acids is 2. The Morgan fingerprint density at radius 1 is 0.371 bits per heavy atom. The van der Waals surface area contributed by atoms with Crippen LogP contribution >= 0.6 is 0 Å². The Bertz CT molecular complexity index is 1100. The van der Waals surface area contributed by atoms with E-state index in [-0.39, 0.29) is 19.6 Å². The van der Waals surface area contributed by atoms with E-state index in [1.807, 2.05) is 0 Å². The predicted octanol–water partition coefficient (Wildman–Crippen LogP) is 19.9. The second-order valence-electron chi connectivity index (χ2n) is 22.8. The average molecular weight is 988 g/mol. The first-order valence-electron chi connectivity index (χ1n) is 31.8. The van der Waals surface area contributed by atoms with Gasteiger partial charge in [-0.15, -0.1) is 0 Å². The quantitative estimate of drug-likeness (QED) is 0.0358. The summed E-state index contributed by atoms with van der Waals surface area (Å²) in [4.78, 5) is 24.7. The summed E-state index contributed by atoms with van der Waals surface area (Å²) in [6.45, 7) is 1.13. The molecule has 1 aliphatic heterocycles. The molecule has 0 saturated carbocycles. The van der Waals surface area contributed by atoms with E-state index in [1.165, 1.54) is 308 Å². The Morgan fingerprint density at radius 2 is 0.614 bits per heavy atom. The number of aliphatic hydroxyl groups excluding tert-OH is 2. The summed E-state index contributed by atoms with van der Waals surface area (Å²) < 4.78 is 10.6. The highest BCUT2D eigenvalue weighted by Gasteiger charge is 2.36. The van der Waals surface area contributed by atoms with E-state index < -0.39 is 36.5 Å². The van der Waals surface area contributed by atoms with Gasteiger partial charge in [-0.2, -0.15) is 0 Å². The number of rotatable bonds is 55. The Morgan fingerprint density at radius 3 is 0.871 bits per heavy atom. The zero-order valence-corrected chi connectivity index (χ0v) is 47.1. The standard InChI is InChI=1S/C64H122O6/c1-2-3-4-5-6-7-8-9-10-11-12-13-14-15-16-17-18-19-20-21-22-23-24-25-26-27-28-29-30-31-32-33-34-35-36-37-38-39-40-41-42-43-44-45-46-47-48-49-50-51-52-53-54-55-61-56-62(67)69-59-64(57-65,58-66)60-70-63(61)68/h3-4,61,65-66H,2,5-60H2,1H3/b4-3+. The topological polar surface area (TPSA) is 93.1 Å². The Balaban J connectivity index is 1.67. The maximum absolute atomic E-state index is 12.5.